The van der Waals surface area contributed by atoms with Gasteiger partial charge in [-0.25, -0.2) is 0 Å². The van der Waals surface area contributed by atoms with Gasteiger partial charge in [-0.15, -0.1) is 0 Å². The molecule has 1 atom stereocenters. The van der Waals surface area contributed by atoms with E-state index in [9.17, 15) is 9.59 Å². The highest BCUT2D eigenvalue weighted by Crippen LogP contribution is 2.26. The zero-order chi connectivity index (χ0) is 19.7. The van der Waals surface area contributed by atoms with Gasteiger partial charge in [0.25, 0.3) is 0 Å². The molecule has 1 saturated heterocycles. The molecule has 0 aromatic heterocycles. The van der Waals surface area contributed by atoms with Crippen LogP contribution < -0.4 is 5.32 Å². The summed E-state index contributed by atoms with van der Waals surface area (Å²) in [6.45, 7) is 4.49. The minimum Gasteiger partial charge on any atom is -0.296 e. The molecule has 1 aliphatic rings. The molecule has 3 nitrogen and oxygen atoms in total. The highest BCUT2D eigenvalue weighted by molar-refractivity contribution is 6.04. The lowest BCUT2D eigenvalue weighted by Crippen LogP contribution is -2.22. The largest absolute Gasteiger partial charge is 0.296 e. The molecule has 0 aromatic carbocycles. The van der Waals surface area contributed by atoms with Gasteiger partial charge in [-0.1, -0.05) is 103 Å². The normalized spacial score (nSPS) is 17.6. The Labute approximate surface area is 167 Å². The van der Waals surface area contributed by atoms with E-state index < -0.39 is 0 Å². The Balaban J connectivity index is 2.28. The molecule has 0 bridgehead atoms. The van der Waals surface area contributed by atoms with Crippen LogP contribution in [-0.2, 0) is 9.59 Å². The van der Waals surface area contributed by atoms with Crippen molar-refractivity contribution in [3.05, 3.63) is 11.6 Å². The minimum atomic E-state index is -0.192. The van der Waals surface area contributed by atoms with Crippen molar-refractivity contribution in [3.63, 3.8) is 0 Å². The first-order valence-electron chi connectivity index (χ1n) is 11.7. The summed E-state index contributed by atoms with van der Waals surface area (Å²) in [5.41, 5.74) is 1.22. The Morgan fingerprint density at radius 3 is 1.85 bits per heavy atom. The zero-order valence-corrected chi connectivity index (χ0v) is 18.0. The van der Waals surface area contributed by atoms with Crippen molar-refractivity contribution >= 4 is 11.8 Å². The number of rotatable bonds is 17. The first-order chi connectivity index (χ1) is 13.2. The van der Waals surface area contributed by atoms with E-state index in [1.165, 1.54) is 89.0 Å². The fourth-order valence-electron chi connectivity index (χ4n) is 3.95. The third-order valence-corrected chi connectivity index (χ3v) is 5.70. The highest BCUT2D eigenvalue weighted by atomic mass is 16.2. The summed E-state index contributed by atoms with van der Waals surface area (Å²) >= 11 is 0. The summed E-state index contributed by atoms with van der Waals surface area (Å²) in [4.78, 5) is 23.6. The molecule has 0 aromatic rings. The van der Waals surface area contributed by atoms with Crippen LogP contribution in [0.15, 0.2) is 11.6 Å². The van der Waals surface area contributed by atoms with E-state index in [0.717, 1.165) is 19.3 Å². The van der Waals surface area contributed by atoms with Crippen LogP contribution in [0.1, 0.15) is 123 Å². The number of carbonyl (C=O) groups excluding carboxylic acids is 2. The summed E-state index contributed by atoms with van der Waals surface area (Å²) in [5, 5.41) is 2.48. The maximum atomic E-state index is 12.1. The van der Waals surface area contributed by atoms with Crippen LogP contribution in [0.5, 0.6) is 0 Å². The summed E-state index contributed by atoms with van der Waals surface area (Å²) < 4.78 is 0. The molecule has 1 N–H and O–H groups in total. The number of hydrogen-bond donors (Lipinski definition) is 1. The Kier molecular flexibility index (Phi) is 14.1. The van der Waals surface area contributed by atoms with Gasteiger partial charge in [-0.3, -0.25) is 14.9 Å². The van der Waals surface area contributed by atoms with E-state index >= 15 is 0 Å². The molecule has 1 fully saturated rings. The fraction of sp³-hybridized carbons (Fsp3) is 0.833. The number of allylic oxidation sites excluding steroid dienone is 1. The fourth-order valence-corrected chi connectivity index (χ4v) is 3.95. The quantitative estimate of drug-likeness (QED) is 0.171. The van der Waals surface area contributed by atoms with Crippen LogP contribution in [-0.4, -0.2) is 11.8 Å². The van der Waals surface area contributed by atoms with Gasteiger partial charge in [0.2, 0.25) is 11.8 Å². The van der Waals surface area contributed by atoms with E-state index in [2.05, 4.69) is 25.2 Å². The van der Waals surface area contributed by atoms with Gasteiger partial charge >= 0.3 is 0 Å². The van der Waals surface area contributed by atoms with E-state index in [4.69, 9.17) is 0 Å². The van der Waals surface area contributed by atoms with Crippen LogP contribution in [0.3, 0.4) is 0 Å². The van der Waals surface area contributed by atoms with Crippen molar-refractivity contribution in [2.75, 3.05) is 0 Å². The van der Waals surface area contributed by atoms with Crippen LogP contribution in [0.25, 0.3) is 0 Å². The second-order valence-corrected chi connectivity index (χ2v) is 8.23. The van der Waals surface area contributed by atoms with Crippen LogP contribution in [0.4, 0.5) is 0 Å². The number of imide groups is 1. The molecule has 1 unspecified atom stereocenters. The lowest BCUT2D eigenvalue weighted by molar-refractivity contribution is -0.125. The molecular weight excluding hydrogens is 334 g/mol. The molecule has 2 amide bonds. The Morgan fingerprint density at radius 2 is 1.33 bits per heavy atom. The maximum Gasteiger partial charge on any atom is 0.234 e. The lowest BCUT2D eigenvalue weighted by Gasteiger charge is -2.12. The van der Waals surface area contributed by atoms with E-state index in [0.29, 0.717) is 6.42 Å². The summed E-state index contributed by atoms with van der Waals surface area (Å²) in [7, 11) is 0. The van der Waals surface area contributed by atoms with Crippen molar-refractivity contribution < 1.29 is 9.59 Å². The monoisotopic (exact) mass is 377 g/mol. The first kappa shape index (κ1) is 23.9. The molecule has 1 aliphatic heterocycles. The number of amides is 2. The number of nitrogens with one attached hydrogen (secondary N) is 1. The van der Waals surface area contributed by atoms with Gasteiger partial charge in [0, 0.05) is 6.42 Å². The lowest BCUT2D eigenvalue weighted by atomic mass is 9.91. The van der Waals surface area contributed by atoms with E-state index in [1.807, 2.05) is 0 Å². The molecule has 27 heavy (non-hydrogen) atoms. The Morgan fingerprint density at radius 1 is 0.815 bits per heavy atom. The van der Waals surface area contributed by atoms with Crippen molar-refractivity contribution in [1.29, 1.82) is 0 Å². The van der Waals surface area contributed by atoms with Crippen molar-refractivity contribution in [2.24, 2.45) is 5.92 Å². The van der Waals surface area contributed by atoms with Gasteiger partial charge in [0.15, 0.2) is 0 Å². The van der Waals surface area contributed by atoms with Crippen LogP contribution in [0, 0.1) is 5.92 Å². The van der Waals surface area contributed by atoms with E-state index in [-0.39, 0.29) is 17.7 Å². The average molecular weight is 378 g/mol. The smallest absolute Gasteiger partial charge is 0.234 e. The third-order valence-electron chi connectivity index (χ3n) is 5.70. The third kappa shape index (κ3) is 11.3. The molecule has 156 valence electrons. The molecule has 0 aliphatic carbocycles. The average Bonchev–Trinajstić information content (AvgIpc) is 2.99. The number of unbranched alkanes of at least 4 members (excludes halogenated alkanes) is 13. The first-order valence-corrected chi connectivity index (χ1v) is 11.7. The minimum absolute atomic E-state index is 0.0770. The number of carbonyl (C=O) groups is 2. The SMILES string of the molecule is CCCCCCCCCCC/C=C(\CCCCCCC)C1CC(=O)NC1=O. The molecule has 3 heteroatoms. The van der Waals surface area contributed by atoms with Crippen molar-refractivity contribution in [2.45, 2.75) is 123 Å². The highest BCUT2D eigenvalue weighted by Gasteiger charge is 2.32. The second-order valence-electron chi connectivity index (χ2n) is 8.23. The molecule has 1 heterocycles. The van der Waals surface area contributed by atoms with Crippen molar-refractivity contribution in [1.82, 2.24) is 5.32 Å². The Bertz CT molecular complexity index is 442. The van der Waals surface area contributed by atoms with Gasteiger partial charge < -0.3 is 0 Å². The van der Waals surface area contributed by atoms with Crippen molar-refractivity contribution in [3.8, 4) is 0 Å². The molecular formula is C24H43NO2. The van der Waals surface area contributed by atoms with Crippen LogP contribution in [0.2, 0.25) is 0 Å². The summed E-state index contributed by atoms with van der Waals surface area (Å²) in [6, 6.07) is 0. The van der Waals surface area contributed by atoms with Crippen LogP contribution >= 0.6 is 0 Å². The zero-order valence-electron chi connectivity index (χ0n) is 18.0. The number of hydrogen-bond acceptors (Lipinski definition) is 2. The summed E-state index contributed by atoms with van der Waals surface area (Å²) in [6.07, 6.45) is 22.9. The second kappa shape index (κ2) is 15.9. The van der Waals surface area contributed by atoms with Gasteiger partial charge in [-0.05, 0) is 25.7 Å². The topological polar surface area (TPSA) is 46.2 Å². The summed E-state index contributed by atoms with van der Waals surface area (Å²) in [5.74, 6) is -0.376. The van der Waals surface area contributed by atoms with E-state index in [1.54, 1.807) is 0 Å². The van der Waals surface area contributed by atoms with Gasteiger partial charge in [0.05, 0.1) is 5.92 Å². The molecule has 1 rings (SSSR count). The van der Waals surface area contributed by atoms with Gasteiger partial charge in [-0.2, -0.15) is 0 Å². The Hall–Kier alpha value is -1.12. The molecule has 0 spiro atoms. The standard InChI is InChI=1S/C24H43NO2/c1-3-5-7-9-10-11-12-13-15-17-19-21(18-16-14-8-6-4-2)22-20-23(26)25-24(22)27/h19,22H,3-18,20H2,1-2H3,(H,25,26,27)/b21-19+. The predicted molar refractivity (Wildman–Crippen MR) is 115 cm³/mol. The maximum absolute atomic E-state index is 12.1. The van der Waals surface area contributed by atoms with Gasteiger partial charge in [0.1, 0.15) is 0 Å². The molecule has 0 radical (unpaired) electrons. The predicted octanol–water partition coefficient (Wildman–Crippen LogP) is 6.86. The molecule has 0 saturated carbocycles.